The molecule has 1 N–H and O–H groups in total. The van der Waals surface area contributed by atoms with Crippen LogP contribution in [0.25, 0.3) is 0 Å². The molecule has 3 aromatic rings. The fraction of sp³-hybridized carbons (Fsp3) is 0.316. The molecule has 0 spiro atoms. The van der Waals surface area contributed by atoms with Crippen molar-refractivity contribution >= 4 is 33.5 Å². The average molecular weight is 467 g/mol. The molecule has 0 amide bonds. The monoisotopic (exact) mass is 465 g/mol. The number of hydrogen-bond donors (Lipinski definition) is 1. The lowest BCUT2D eigenvalue weighted by molar-refractivity contribution is 0.269. The summed E-state index contributed by atoms with van der Waals surface area (Å²) in [5.74, 6) is 1.98. The van der Waals surface area contributed by atoms with Gasteiger partial charge in [-0.15, -0.1) is 0 Å². The molecule has 3 rings (SSSR count). The van der Waals surface area contributed by atoms with Gasteiger partial charge in [0, 0.05) is 22.6 Å². The van der Waals surface area contributed by atoms with E-state index in [2.05, 4.69) is 36.8 Å². The Morgan fingerprint density at radius 3 is 2.57 bits per heavy atom. The van der Waals surface area contributed by atoms with Gasteiger partial charge in [-0.2, -0.15) is 0 Å². The zero-order valence-electron chi connectivity index (χ0n) is 15.7. The van der Waals surface area contributed by atoms with Gasteiger partial charge in [0.05, 0.1) is 6.61 Å². The minimum Gasteiger partial charge on any atom is -0.490 e. The van der Waals surface area contributed by atoms with E-state index < -0.39 is 0 Å². The second-order valence-electron chi connectivity index (χ2n) is 5.91. The third-order valence-electron chi connectivity index (χ3n) is 3.99. The van der Waals surface area contributed by atoms with Crippen molar-refractivity contribution in [3.63, 3.8) is 0 Å². The molecule has 2 aromatic carbocycles. The summed E-state index contributed by atoms with van der Waals surface area (Å²) in [6, 6.07) is 11.4. The van der Waals surface area contributed by atoms with Crippen LogP contribution in [0, 0.1) is 0 Å². The first-order valence-corrected chi connectivity index (χ1v) is 10.1. The van der Waals surface area contributed by atoms with E-state index >= 15 is 0 Å². The number of aromatic nitrogens is 4. The van der Waals surface area contributed by atoms with Crippen molar-refractivity contribution in [2.45, 2.75) is 33.5 Å². The maximum Gasteiger partial charge on any atom is 0.243 e. The van der Waals surface area contributed by atoms with E-state index in [1.54, 1.807) is 4.68 Å². The number of ether oxygens (including phenoxy) is 2. The van der Waals surface area contributed by atoms with E-state index in [0.717, 1.165) is 15.6 Å². The molecule has 0 unspecified atom stereocenters. The van der Waals surface area contributed by atoms with Crippen molar-refractivity contribution in [2.24, 2.45) is 0 Å². The minimum absolute atomic E-state index is 0.423. The first kappa shape index (κ1) is 20.4. The Balaban J connectivity index is 1.74. The molecule has 0 aliphatic carbocycles. The first-order chi connectivity index (χ1) is 13.6. The van der Waals surface area contributed by atoms with E-state index in [4.69, 9.17) is 21.1 Å². The second-order valence-corrected chi connectivity index (χ2v) is 7.20. The van der Waals surface area contributed by atoms with Crippen LogP contribution < -0.4 is 14.8 Å². The molecule has 148 valence electrons. The highest BCUT2D eigenvalue weighted by molar-refractivity contribution is 9.10. The summed E-state index contributed by atoms with van der Waals surface area (Å²) in [6.07, 6.45) is 0. The SMILES string of the molecule is CCOc1cc(CNc2nnnn2CC)c(Br)cc1OCc1ccc(Cl)cc1. The van der Waals surface area contributed by atoms with Crippen LogP contribution in [0.15, 0.2) is 40.9 Å². The molecule has 28 heavy (non-hydrogen) atoms. The smallest absolute Gasteiger partial charge is 0.243 e. The lowest BCUT2D eigenvalue weighted by Gasteiger charge is -2.15. The Labute approximate surface area is 177 Å². The first-order valence-electron chi connectivity index (χ1n) is 8.93. The fourth-order valence-electron chi connectivity index (χ4n) is 2.55. The van der Waals surface area contributed by atoms with E-state index in [0.29, 0.717) is 48.8 Å². The van der Waals surface area contributed by atoms with Crippen LogP contribution in [-0.2, 0) is 19.7 Å². The molecule has 0 aliphatic heterocycles. The van der Waals surface area contributed by atoms with Crippen LogP contribution in [-0.4, -0.2) is 26.8 Å². The highest BCUT2D eigenvalue weighted by atomic mass is 79.9. The Kier molecular flexibility index (Phi) is 7.11. The Morgan fingerprint density at radius 1 is 1.11 bits per heavy atom. The molecule has 0 saturated carbocycles. The quantitative estimate of drug-likeness (QED) is 0.493. The lowest BCUT2D eigenvalue weighted by Crippen LogP contribution is -2.09. The van der Waals surface area contributed by atoms with Gasteiger partial charge in [0.25, 0.3) is 0 Å². The van der Waals surface area contributed by atoms with Crippen LogP contribution in [0.3, 0.4) is 0 Å². The summed E-state index contributed by atoms with van der Waals surface area (Å²) in [7, 11) is 0. The standard InChI is InChI=1S/C19H21BrClN5O2/c1-3-26-19(23-24-25-26)22-11-14-9-17(27-4-2)18(10-16(14)20)28-12-13-5-7-15(21)8-6-13/h5-10H,3-4,11-12H2,1-2H3,(H,22,23,25). The van der Waals surface area contributed by atoms with Crippen LogP contribution in [0.1, 0.15) is 25.0 Å². The molecular weight excluding hydrogens is 446 g/mol. The van der Waals surface area contributed by atoms with Crippen LogP contribution >= 0.6 is 27.5 Å². The number of anilines is 1. The molecule has 0 fully saturated rings. The van der Waals surface area contributed by atoms with Gasteiger partial charge in [-0.1, -0.05) is 44.8 Å². The highest BCUT2D eigenvalue weighted by Gasteiger charge is 2.13. The van der Waals surface area contributed by atoms with Crippen molar-refractivity contribution in [1.29, 1.82) is 0 Å². The van der Waals surface area contributed by atoms with Crippen molar-refractivity contribution in [3.8, 4) is 11.5 Å². The molecule has 9 heteroatoms. The molecule has 1 heterocycles. The van der Waals surface area contributed by atoms with Gasteiger partial charge in [0.15, 0.2) is 11.5 Å². The summed E-state index contributed by atoms with van der Waals surface area (Å²) in [6.45, 7) is 6.12. The number of tetrazole rings is 1. The zero-order chi connectivity index (χ0) is 19.9. The van der Waals surface area contributed by atoms with Gasteiger partial charge in [0.2, 0.25) is 5.95 Å². The van der Waals surface area contributed by atoms with Gasteiger partial charge < -0.3 is 14.8 Å². The van der Waals surface area contributed by atoms with Crippen LogP contribution in [0.5, 0.6) is 11.5 Å². The van der Waals surface area contributed by atoms with E-state index in [1.807, 2.05) is 50.2 Å². The molecule has 0 saturated heterocycles. The molecule has 7 nitrogen and oxygen atoms in total. The molecular formula is C19H21BrClN5O2. The largest absolute Gasteiger partial charge is 0.490 e. The van der Waals surface area contributed by atoms with Gasteiger partial charge in [-0.25, -0.2) is 4.68 Å². The van der Waals surface area contributed by atoms with Crippen LogP contribution in [0.2, 0.25) is 5.02 Å². The molecule has 0 atom stereocenters. The summed E-state index contributed by atoms with van der Waals surface area (Å²) in [5, 5.41) is 15.5. The number of hydrogen-bond acceptors (Lipinski definition) is 6. The summed E-state index contributed by atoms with van der Waals surface area (Å²) in [4.78, 5) is 0. The Morgan fingerprint density at radius 2 is 1.86 bits per heavy atom. The minimum atomic E-state index is 0.423. The third kappa shape index (κ3) is 5.14. The predicted molar refractivity (Wildman–Crippen MR) is 112 cm³/mol. The van der Waals surface area contributed by atoms with E-state index in [1.165, 1.54) is 0 Å². The second kappa shape index (κ2) is 9.75. The number of aryl methyl sites for hydroxylation is 1. The summed E-state index contributed by atoms with van der Waals surface area (Å²) in [5.41, 5.74) is 2.04. The van der Waals surface area contributed by atoms with E-state index in [9.17, 15) is 0 Å². The van der Waals surface area contributed by atoms with Crippen molar-refractivity contribution in [1.82, 2.24) is 20.2 Å². The van der Waals surface area contributed by atoms with Gasteiger partial charge in [0.1, 0.15) is 6.61 Å². The zero-order valence-corrected chi connectivity index (χ0v) is 18.0. The highest BCUT2D eigenvalue weighted by Crippen LogP contribution is 2.34. The van der Waals surface area contributed by atoms with Gasteiger partial charge in [-0.3, -0.25) is 0 Å². The van der Waals surface area contributed by atoms with Crippen molar-refractivity contribution in [3.05, 3.63) is 57.0 Å². The lowest BCUT2D eigenvalue weighted by atomic mass is 10.2. The normalized spacial score (nSPS) is 10.7. The molecule has 1 aromatic heterocycles. The summed E-state index contributed by atoms with van der Waals surface area (Å²) >= 11 is 9.55. The molecule has 0 radical (unpaired) electrons. The topological polar surface area (TPSA) is 74.1 Å². The predicted octanol–water partition coefficient (Wildman–Crippen LogP) is 4.70. The van der Waals surface area contributed by atoms with Crippen molar-refractivity contribution < 1.29 is 9.47 Å². The molecule has 0 bridgehead atoms. The Hall–Kier alpha value is -2.32. The third-order valence-corrected chi connectivity index (χ3v) is 4.98. The fourth-order valence-corrected chi connectivity index (χ4v) is 3.14. The summed E-state index contributed by atoms with van der Waals surface area (Å²) < 4.78 is 14.4. The van der Waals surface area contributed by atoms with Crippen LogP contribution in [0.4, 0.5) is 5.95 Å². The number of rotatable bonds is 9. The van der Waals surface area contributed by atoms with Crippen molar-refractivity contribution in [2.75, 3.05) is 11.9 Å². The number of benzene rings is 2. The number of nitrogens with one attached hydrogen (secondary N) is 1. The van der Waals surface area contributed by atoms with Gasteiger partial charge in [-0.05, 0) is 59.7 Å². The average Bonchev–Trinajstić information content (AvgIpc) is 3.16. The maximum absolute atomic E-state index is 5.98. The maximum atomic E-state index is 5.98. The number of nitrogens with zero attached hydrogens (tertiary/aromatic N) is 4. The Bertz CT molecular complexity index is 917. The van der Waals surface area contributed by atoms with E-state index in [-0.39, 0.29) is 0 Å². The molecule has 0 aliphatic rings. The number of halogens is 2. The van der Waals surface area contributed by atoms with Gasteiger partial charge >= 0.3 is 0 Å².